The highest BCUT2D eigenvalue weighted by Gasteiger charge is 1.94. The third-order valence-electron chi connectivity index (χ3n) is 1.76. The molecule has 14 heavy (non-hydrogen) atoms. The molecule has 3 heteroatoms. The number of pyridine rings is 1. The first-order valence-electron chi connectivity index (χ1n) is 5.02. The van der Waals surface area contributed by atoms with Crippen LogP contribution in [0, 0.1) is 5.92 Å². The van der Waals surface area contributed by atoms with Gasteiger partial charge in [0.25, 0.3) is 0 Å². The van der Waals surface area contributed by atoms with E-state index in [2.05, 4.69) is 30.4 Å². The summed E-state index contributed by atoms with van der Waals surface area (Å²) < 4.78 is 0. The first-order chi connectivity index (χ1) is 6.79. The fraction of sp³-hybridized carbons (Fsp3) is 0.545. The zero-order chi connectivity index (χ0) is 10.2. The van der Waals surface area contributed by atoms with Crippen LogP contribution in [0.25, 0.3) is 0 Å². The van der Waals surface area contributed by atoms with E-state index in [0.29, 0.717) is 5.92 Å². The van der Waals surface area contributed by atoms with E-state index in [9.17, 15) is 0 Å². The Morgan fingerprint density at radius 3 is 3.00 bits per heavy atom. The lowest BCUT2D eigenvalue weighted by Crippen LogP contribution is -2.20. The van der Waals surface area contributed by atoms with E-state index >= 15 is 0 Å². The molecule has 0 saturated carbocycles. The Kier molecular flexibility index (Phi) is 5.19. The number of nitrogens with one attached hydrogen (secondary N) is 1. The fourth-order valence-electron chi connectivity index (χ4n) is 1.04. The van der Waals surface area contributed by atoms with E-state index in [4.69, 9.17) is 4.84 Å². The molecule has 0 unspecified atom stereocenters. The number of nitrogens with zero attached hydrogens (tertiary/aromatic N) is 1. The zero-order valence-electron chi connectivity index (χ0n) is 8.86. The van der Waals surface area contributed by atoms with Gasteiger partial charge >= 0.3 is 0 Å². The van der Waals surface area contributed by atoms with Crippen LogP contribution in [0.3, 0.4) is 0 Å². The number of hydrogen-bond donors (Lipinski definition) is 1. The minimum absolute atomic E-state index is 0.570. The summed E-state index contributed by atoms with van der Waals surface area (Å²) in [6.45, 7) is 5.84. The average Bonchev–Trinajstić information content (AvgIpc) is 2.18. The van der Waals surface area contributed by atoms with Gasteiger partial charge in [-0.25, -0.2) is 5.48 Å². The summed E-state index contributed by atoms with van der Waals surface area (Å²) in [5.41, 5.74) is 4.17. The molecular weight excluding hydrogens is 176 g/mol. The van der Waals surface area contributed by atoms with Gasteiger partial charge in [-0.05, 0) is 24.0 Å². The second-order valence-corrected chi connectivity index (χ2v) is 3.71. The van der Waals surface area contributed by atoms with Crippen molar-refractivity contribution in [2.24, 2.45) is 5.92 Å². The third kappa shape index (κ3) is 4.94. The van der Waals surface area contributed by atoms with Crippen molar-refractivity contribution in [2.45, 2.75) is 20.3 Å². The Balaban J connectivity index is 2.05. The molecule has 0 aromatic carbocycles. The molecule has 0 spiro atoms. The molecule has 1 N–H and O–H groups in total. The summed E-state index contributed by atoms with van der Waals surface area (Å²) in [6.07, 6.45) is 4.61. The highest BCUT2D eigenvalue weighted by atomic mass is 16.6. The Hall–Kier alpha value is -0.930. The molecule has 1 heterocycles. The number of rotatable bonds is 6. The highest BCUT2D eigenvalue weighted by molar-refractivity contribution is 5.08. The van der Waals surface area contributed by atoms with Gasteiger partial charge in [0, 0.05) is 18.9 Å². The summed E-state index contributed by atoms with van der Waals surface area (Å²) >= 11 is 0. The smallest absolute Gasteiger partial charge is 0.0705 e. The van der Waals surface area contributed by atoms with E-state index in [-0.39, 0.29) is 0 Å². The molecule has 0 aliphatic rings. The van der Waals surface area contributed by atoms with Crippen molar-refractivity contribution in [2.75, 3.05) is 13.2 Å². The zero-order valence-corrected chi connectivity index (χ0v) is 8.86. The molecule has 1 aromatic rings. The predicted octanol–water partition coefficient (Wildman–Crippen LogP) is 1.80. The molecule has 0 fully saturated rings. The summed E-state index contributed by atoms with van der Waals surface area (Å²) in [5.74, 6) is 0.570. The second kappa shape index (κ2) is 6.51. The number of aromatic nitrogens is 1. The molecule has 0 amide bonds. The largest absolute Gasteiger partial charge is 0.302 e. The van der Waals surface area contributed by atoms with E-state index in [0.717, 1.165) is 19.6 Å². The first kappa shape index (κ1) is 11.1. The third-order valence-corrected chi connectivity index (χ3v) is 1.76. The Labute approximate surface area is 85.5 Å². The lowest BCUT2D eigenvalue weighted by molar-refractivity contribution is 0.0247. The van der Waals surface area contributed by atoms with Crippen LogP contribution in [0.2, 0.25) is 0 Å². The van der Waals surface area contributed by atoms with E-state index in [1.807, 2.05) is 12.3 Å². The maximum absolute atomic E-state index is 5.25. The first-order valence-corrected chi connectivity index (χ1v) is 5.02. The van der Waals surface area contributed by atoms with Crippen LogP contribution in [0.1, 0.15) is 19.4 Å². The van der Waals surface area contributed by atoms with E-state index < -0.39 is 0 Å². The quantitative estimate of drug-likeness (QED) is 0.554. The lowest BCUT2D eigenvalue weighted by Gasteiger charge is -2.07. The van der Waals surface area contributed by atoms with Crippen molar-refractivity contribution in [3.05, 3.63) is 30.1 Å². The van der Waals surface area contributed by atoms with Gasteiger partial charge in [-0.2, -0.15) is 0 Å². The summed E-state index contributed by atoms with van der Waals surface area (Å²) in [4.78, 5) is 9.29. The summed E-state index contributed by atoms with van der Waals surface area (Å²) in [6, 6.07) is 4.02. The van der Waals surface area contributed by atoms with Crippen LogP contribution < -0.4 is 5.48 Å². The fourth-order valence-corrected chi connectivity index (χ4v) is 1.04. The summed E-state index contributed by atoms with van der Waals surface area (Å²) in [5, 5.41) is 0. The molecule has 3 nitrogen and oxygen atoms in total. The topological polar surface area (TPSA) is 34.1 Å². The van der Waals surface area contributed by atoms with E-state index in [1.165, 1.54) is 5.56 Å². The molecule has 0 aliphatic carbocycles. The Morgan fingerprint density at radius 2 is 2.36 bits per heavy atom. The van der Waals surface area contributed by atoms with Crippen LogP contribution >= 0.6 is 0 Å². The Morgan fingerprint density at radius 1 is 1.50 bits per heavy atom. The predicted molar refractivity (Wildman–Crippen MR) is 56.7 cm³/mol. The molecule has 0 saturated heterocycles. The van der Waals surface area contributed by atoms with Crippen LogP contribution in [0.15, 0.2) is 24.5 Å². The van der Waals surface area contributed by atoms with Crippen molar-refractivity contribution in [3.63, 3.8) is 0 Å². The molecule has 0 bridgehead atoms. The minimum Gasteiger partial charge on any atom is -0.302 e. The lowest BCUT2D eigenvalue weighted by atomic mass is 10.2. The highest BCUT2D eigenvalue weighted by Crippen LogP contribution is 1.95. The average molecular weight is 194 g/mol. The monoisotopic (exact) mass is 194 g/mol. The molecule has 78 valence electrons. The van der Waals surface area contributed by atoms with Crippen molar-refractivity contribution in [1.29, 1.82) is 0 Å². The maximum atomic E-state index is 5.25. The van der Waals surface area contributed by atoms with Crippen molar-refractivity contribution in [3.8, 4) is 0 Å². The van der Waals surface area contributed by atoms with Crippen LogP contribution in [0.5, 0.6) is 0 Å². The van der Waals surface area contributed by atoms with Gasteiger partial charge in [0.05, 0.1) is 6.61 Å². The number of hydroxylamine groups is 1. The molecule has 0 aliphatic heterocycles. The Bertz CT molecular complexity index is 236. The normalized spacial score (nSPS) is 10.8. The van der Waals surface area contributed by atoms with Crippen LogP contribution in [0.4, 0.5) is 0 Å². The van der Waals surface area contributed by atoms with Gasteiger partial charge in [0.1, 0.15) is 0 Å². The second-order valence-electron chi connectivity index (χ2n) is 3.71. The van der Waals surface area contributed by atoms with Gasteiger partial charge in [-0.3, -0.25) is 4.98 Å². The molecule has 1 rings (SSSR count). The standard InChI is InChI=1S/C11H18N2O/c1-10(2)9-14-13-7-5-11-4-3-6-12-8-11/h3-4,6,8,10,13H,5,7,9H2,1-2H3. The van der Waals surface area contributed by atoms with Gasteiger partial charge < -0.3 is 4.84 Å². The molecular formula is C11H18N2O. The van der Waals surface area contributed by atoms with Crippen molar-refractivity contribution in [1.82, 2.24) is 10.5 Å². The maximum Gasteiger partial charge on any atom is 0.0705 e. The van der Waals surface area contributed by atoms with Gasteiger partial charge in [0.2, 0.25) is 0 Å². The van der Waals surface area contributed by atoms with Gasteiger partial charge in [-0.15, -0.1) is 0 Å². The van der Waals surface area contributed by atoms with Gasteiger partial charge in [-0.1, -0.05) is 19.9 Å². The molecule has 1 aromatic heterocycles. The SMILES string of the molecule is CC(C)CONCCc1cccnc1. The van der Waals surface area contributed by atoms with Gasteiger partial charge in [0.15, 0.2) is 0 Å². The number of hydrogen-bond acceptors (Lipinski definition) is 3. The molecule has 0 atom stereocenters. The van der Waals surface area contributed by atoms with E-state index in [1.54, 1.807) is 6.20 Å². The van der Waals surface area contributed by atoms with Crippen molar-refractivity contribution >= 4 is 0 Å². The molecule has 0 radical (unpaired) electrons. The minimum atomic E-state index is 0.570. The van der Waals surface area contributed by atoms with Crippen LogP contribution in [-0.4, -0.2) is 18.1 Å². The van der Waals surface area contributed by atoms with Crippen molar-refractivity contribution < 1.29 is 4.84 Å². The van der Waals surface area contributed by atoms with Crippen LogP contribution in [-0.2, 0) is 11.3 Å². The summed E-state index contributed by atoms with van der Waals surface area (Å²) in [7, 11) is 0.